The fraction of sp³-hybridized carbons (Fsp3) is 0.500. The number of aliphatic hydroxyl groups excluding tert-OH is 1. The highest BCUT2D eigenvalue weighted by Crippen LogP contribution is 2.43. The van der Waals surface area contributed by atoms with E-state index >= 15 is 0 Å². The summed E-state index contributed by atoms with van der Waals surface area (Å²) < 4.78 is 29.1. The molecule has 2 fully saturated rings. The van der Waals surface area contributed by atoms with Crippen molar-refractivity contribution in [2.24, 2.45) is 0 Å². The quantitative estimate of drug-likeness (QED) is 0.620. The number of aromatic nitrogens is 2. The number of fused-ring (bicyclic) bond motifs is 1. The molecule has 2 amide bonds. The van der Waals surface area contributed by atoms with Crippen LogP contribution in [0, 0.1) is 11.6 Å². The van der Waals surface area contributed by atoms with Crippen molar-refractivity contribution < 1.29 is 23.5 Å². The molecule has 1 aromatic heterocycles. The monoisotopic (exact) mass is 505 g/mol. The Morgan fingerprint density at radius 1 is 1.20 bits per heavy atom. The second-order valence-corrected chi connectivity index (χ2v) is 9.85. The van der Waals surface area contributed by atoms with Gasteiger partial charge < -0.3 is 20.2 Å². The van der Waals surface area contributed by atoms with Crippen molar-refractivity contribution in [3.63, 3.8) is 0 Å². The van der Waals surface area contributed by atoms with E-state index in [4.69, 9.17) is 11.6 Å². The molecule has 186 valence electrons. The van der Waals surface area contributed by atoms with Crippen LogP contribution in [-0.2, 0) is 9.59 Å². The van der Waals surface area contributed by atoms with Crippen molar-refractivity contribution in [3.8, 4) is 0 Å². The molecule has 4 atom stereocenters. The Bertz CT molecular complexity index is 1170. The van der Waals surface area contributed by atoms with Crippen molar-refractivity contribution in [3.05, 3.63) is 51.9 Å². The van der Waals surface area contributed by atoms with Crippen molar-refractivity contribution in [1.82, 2.24) is 20.2 Å². The molecule has 35 heavy (non-hydrogen) atoms. The van der Waals surface area contributed by atoms with Gasteiger partial charge >= 0.3 is 0 Å². The number of amides is 2. The van der Waals surface area contributed by atoms with Crippen molar-refractivity contribution in [2.45, 2.75) is 50.2 Å². The van der Waals surface area contributed by atoms with Crippen LogP contribution in [0.5, 0.6) is 0 Å². The highest BCUT2D eigenvalue weighted by molar-refractivity contribution is 6.30. The first-order valence-corrected chi connectivity index (χ1v) is 12.1. The fourth-order valence-electron chi connectivity index (χ4n) is 5.48. The SMILES string of the molecule is C[C@@H]1C[C@@H](O)c2ncnc(N3CCN(C(=O)[C@@H](c4cc(F)c(Cl)cc4F)[C@H]4CCC(=O)N4)CC3)c21. The molecule has 2 saturated heterocycles. The van der Waals surface area contributed by atoms with Gasteiger partial charge in [-0.15, -0.1) is 0 Å². The van der Waals surface area contributed by atoms with Gasteiger partial charge in [-0.05, 0) is 30.9 Å². The van der Waals surface area contributed by atoms with Crippen LogP contribution < -0.4 is 10.2 Å². The van der Waals surface area contributed by atoms with E-state index in [0.29, 0.717) is 44.7 Å². The highest BCUT2D eigenvalue weighted by atomic mass is 35.5. The number of hydrogen-bond acceptors (Lipinski definition) is 6. The summed E-state index contributed by atoms with van der Waals surface area (Å²) in [4.78, 5) is 37.9. The van der Waals surface area contributed by atoms with Crippen LogP contribution >= 0.6 is 11.6 Å². The fourth-order valence-corrected chi connectivity index (χ4v) is 5.63. The summed E-state index contributed by atoms with van der Waals surface area (Å²) in [6.45, 7) is 3.70. The van der Waals surface area contributed by atoms with Crippen LogP contribution in [-0.4, -0.2) is 64.0 Å². The van der Waals surface area contributed by atoms with Crippen molar-refractivity contribution in [2.75, 3.05) is 31.1 Å². The largest absolute Gasteiger partial charge is 0.387 e. The van der Waals surface area contributed by atoms with Crippen LogP contribution in [0.15, 0.2) is 18.5 Å². The number of carbonyl (C=O) groups excluding carboxylic acids is 2. The predicted octanol–water partition coefficient (Wildman–Crippen LogP) is 2.66. The van der Waals surface area contributed by atoms with E-state index in [-0.39, 0.29) is 34.7 Å². The van der Waals surface area contributed by atoms with E-state index < -0.39 is 29.7 Å². The molecular formula is C24H26ClF2N5O3. The summed E-state index contributed by atoms with van der Waals surface area (Å²) in [7, 11) is 0. The molecule has 5 rings (SSSR count). The molecule has 3 aliphatic rings. The minimum absolute atomic E-state index is 0.108. The summed E-state index contributed by atoms with van der Waals surface area (Å²) in [5.74, 6) is -2.36. The smallest absolute Gasteiger partial charge is 0.232 e. The van der Waals surface area contributed by atoms with E-state index in [2.05, 4.69) is 20.2 Å². The van der Waals surface area contributed by atoms with Gasteiger partial charge in [0.1, 0.15) is 23.8 Å². The van der Waals surface area contributed by atoms with Gasteiger partial charge in [-0.2, -0.15) is 0 Å². The molecule has 1 aromatic carbocycles. The second kappa shape index (κ2) is 9.31. The number of nitrogens with zero attached hydrogens (tertiary/aromatic N) is 4. The number of benzene rings is 1. The third-order valence-corrected chi connectivity index (χ3v) is 7.53. The highest BCUT2D eigenvalue weighted by Gasteiger charge is 2.40. The van der Waals surface area contributed by atoms with E-state index in [9.17, 15) is 23.5 Å². The number of aliphatic hydroxyl groups is 1. The van der Waals surface area contributed by atoms with Crippen molar-refractivity contribution in [1.29, 1.82) is 0 Å². The van der Waals surface area contributed by atoms with E-state index in [1.165, 1.54) is 6.33 Å². The molecule has 0 bridgehead atoms. The van der Waals surface area contributed by atoms with Crippen LogP contribution in [0.4, 0.5) is 14.6 Å². The van der Waals surface area contributed by atoms with Gasteiger partial charge in [0.2, 0.25) is 11.8 Å². The zero-order valence-electron chi connectivity index (χ0n) is 19.2. The Hall–Kier alpha value is -2.85. The zero-order chi connectivity index (χ0) is 24.9. The second-order valence-electron chi connectivity index (χ2n) is 9.44. The molecule has 3 heterocycles. The normalized spacial score (nSPS) is 24.9. The lowest BCUT2D eigenvalue weighted by atomic mass is 9.88. The van der Waals surface area contributed by atoms with Gasteiger partial charge in [-0.3, -0.25) is 9.59 Å². The molecular weight excluding hydrogens is 480 g/mol. The van der Waals surface area contributed by atoms with Gasteiger partial charge in [-0.1, -0.05) is 18.5 Å². The molecule has 2 aromatic rings. The van der Waals surface area contributed by atoms with Crippen molar-refractivity contribution >= 4 is 29.2 Å². The van der Waals surface area contributed by atoms with E-state index in [1.807, 2.05) is 6.92 Å². The van der Waals surface area contributed by atoms with Gasteiger partial charge in [0.05, 0.1) is 22.7 Å². The molecule has 2 aliphatic heterocycles. The minimum atomic E-state index is -1.06. The number of hydrogen-bond donors (Lipinski definition) is 2. The zero-order valence-corrected chi connectivity index (χ0v) is 19.9. The lowest BCUT2D eigenvalue weighted by molar-refractivity contribution is -0.133. The predicted molar refractivity (Wildman–Crippen MR) is 124 cm³/mol. The molecule has 11 heteroatoms. The standard InChI is InChI=1S/C24H26ClF2N5O3/c1-12-8-18(33)22-20(12)23(29-11-28-22)31-4-6-32(7-5-31)24(35)21(17-2-3-19(34)30-17)13-9-16(27)14(25)10-15(13)26/h9-12,17-18,21,33H,2-8H2,1H3,(H,30,34)/t12-,17-,18-,21+/m1/s1. The Labute approximate surface area is 206 Å². The topological polar surface area (TPSA) is 98.7 Å². The van der Waals surface area contributed by atoms with Gasteiger partial charge in [0.15, 0.2) is 0 Å². The summed E-state index contributed by atoms with van der Waals surface area (Å²) in [6.07, 6.45) is 2.01. The first kappa shape index (κ1) is 23.9. The lowest BCUT2D eigenvalue weighted by Gasteiger charge is -2.38. The molecule has 0 radical (unpaired) electrons. The Balaban J connectivity index is 1.37. The third kappa shape index (κ3) is 4.33. The Morgan fingerprint density at radius 2 is 1.94 bits per heavy atom. The Kier molecular flexibility index (Phi) is 6.35. The summed E-state index contributed by atoms with van der Waals surface area (Å²) in [5.41, 5.74) is 1.48. The van der Waals surface area contributed by atoms with Crippen LogP contribution in [0.2, 0.25) is 5.02 Å². The number of nitrogens with one attached hydrogen (secondary N) is 1. The average Bonchev–Trinajstić information content (AvgIpc) is 3.39. The minimum Gasteiger partial charge on any atom is -0.387 e. The molecule has 0 spiro atoms. The van der Waals surface area contributed by atoms with Gasteiger partial charge in [-0.25, -0.2) is 18.7 Å². The molecule has 1 aliphatic carbocycles. The number of halogens is 3. The average molecular weight is 506 g/mol. The van der Waals surface area contributed by atoms with Crippen LogP contribution in [0.25, 0.3) is 0 Å². The molecule has 2 N–H and O–H groups in total. The van der Waals surface area contributed by atoms with E-state index in [1.54, 1.807) is 4.90 Å². The molecule has 8 nitrogen and oxygen atoms in total. The summed E-state index contributed by atoms with van der Waals surface area (Å²) in [5, 5.41) is 12.7. The summed E-state index contributed by atoms with van der Waals surface area (Å²) in [6, 6.07) is 1.19. The first-order chi connectivity index (χ1) is 16.7. The van der Waals surface area contributed by atoms with Crippen LogP contribution in [0.3, 0.4) is 0 Å². The third-order valence-electron chi connectivity index (χ3n) is 7.24. The summed E-state index contributed by atoms with van der Waals surface area (Å²) >= 11 is 5.72. The number of rotatable bonds is 4. The lowest BCUT2D eigenvalue weighted by Crippen LogP contribution is -2.52. The Morgan fingerprint density at radius 3 is 2.63 bits per heavy atom. The maximum absolute atomic E-state index is 14.9. The van der Waals surface area contributed by atoms with Gasteiger partial charge in [0, 0.05) is 49.8 Å². The van der Waals surface area contributed by atoms with Gasteiger partial charge in [0.25, 0.3) is 0 Å². The maximum Gasteiger partial charge on any atom is 0.232 e. The number of carbonyl (C=O) groups is 2. The van der Waals surface area contributed by atoms with E-state index in [0.717, 1.165) is 23.5 Å². The number of anilines is 1. The molecule has 0 unspecified atom stereocenters. The first-order valence-electron chi connectivity index (χ1n) is 11.7. The molecule has 0 saturated carbocycles. The maximum atomic E-state index is 14.9. The van der Waals surface area contributed by atoms with Crippen LogP contribution in [0.1, 0.15) is 60.9 Å². The number of piperazine rings is 1.